The van der Waals surface area contributed by atoms with Gasteiger partial charge in [0.2, 0.25) is 0 Å². The van der Waals surface area contributed by atoms with E-state index in [9.17, 15) is 9.59 Å². The highest BCUT2D eigenvalue weighted by Gasteiger charge is 2.45. The van der Waals surface area contributed by atoms with E-state index < -0.39 is 11.4 Å². The van der Waals surface area contributed by atoms with E-state index in [-0.39, 0.29) is 17.6 Å². The van der Waals surface area contributed by atoms with E-state index in [2.05, 4.69) is 5.43 Å². The van der Waals surface area contributed by atoms with Crippen LogP contribution in [0.3, 0.4) is 0 Å². The summed E-state index contributed by atoms with van der Waals surface area (Å²) in [4.78, 5) is 34.1. The van der Waals surface area contributed by atoms with Crippen molar-refractivity contribution in [1.29, 1.82) is 0 Å². The van der Waals surface area contributed by atoms with Crippen LogP contribution in [0.15, 0.2) is 102 Å². The van der Waals surface area contributed by atoms with E-state index in [0.717, 1.165) is 45.0 Å². The highest BCUT2D eigenvalue weighted by molar-refractivity contribution is 8.01. The van der Waals surface area contributed by atoms with Crippen LogP contribution in [0.2, 0.25) is 5.02 Å². The number of hydrogen-bond acceptors (Lipinski definition) is 4. The molecule has 0 saturated carbocycles. The normalized spacial score (nSPS) is 19.0. The lowest BCUT2D eigenvalue weighted by Crippen LogP contribution is -2.53. The van der Waals surface area contributed by atoms with Gasteiger partial charge in [-0.05, 0) is 52.6 Å². The first-order chi connectivity index (χ1) is 19.6. The molecular formula is C32H23ClN4O2S. The number of amides is 3. The van der Waals surface area contributed by atoms with Crippen molar-refractivity contribution in [2.24, 2.45) is 4.99 Å². The lowest BCUT2D eigenvalue weighted by molar-refractivity contribution is -0.130. The predicted octanol–water partition coefficient (Wildman–Crippen LogP) is 7.41. The molecule has 1 N–H and O–H groups in total. The van der Waals surface area contributed by atoms with Gasteiger partial charge in [0.15, 0.2) is 0 Å². The summed E-state index contributed by atoms with van der Waals surface area (Å²) in [5.74, 6) is -0.201. The summed E-state index contributed by atoms with van der Waals surface area (Å²) >= 11 is 7.93. The molecule has 0 spiro atoms. The maximum absolute atomic E-state index is 14.1. The third kappa shape index (κ3) is 4.18. The predicted molar refractivity (Wildman–Crippen MR) is 162 cm³/mol. The van der Waals surface area contributed by atoms with Crippen molar-refractivity contribution in [3.05, 3.63) is 124 Å². The number of carbonyl (C=O) groups excluding carboxylic acids is 2. The van der Waals surface area contributed by atoms with E-state index >= 15 is 0 Å². The summed E-state index contributed by atoms with van der Waals surface area (Å²) in [6.07, 6.45) is 4.01. The van der Waals surface area contributed by atoms with Gasteiger partial charge in [0.05, 0.1) is 34.4 Å². The van der Waals surface area contributed by atoms with Crippen molar-refractivity contribution < 1.29 is 9.59 Å². The van der Waals surface area contributed by atoms with Gasteiger partial charge < -0.3 is 0 Å². The van der Waals surface area contributed by atoms with Crippen LogP contribution in [0.5, 0.6) is 0 Å². The highest BCUT2D eigenvalue weighted by Crippen LogP contribution is 2.47. The number of thioether (sulfide) groups is 1. The minimum atomic E-state index is -0.411. The quantitative estimate of drug-likeness (QED) is 0.283. The van der Waals surface area contributed by atoms with Crippen LogP contribution in [0.4, 0.5) is 21.9 Å². The van der Waals surface area contributed by atoms with Gasteiger partial charge in [-0.15, -0.1) is 11.8 Å². The molecule has 4 aromatic rings. The number of nitrogens with zero attached hydrogens (tertiary/aromatic N) is 3. The molecule has 6 nitrogen and oxygen atoms in total. The molecule has 196 valence electrons. The Labute approximate surface area is 240 Å². The number of hydrogen-bond donors (Lipinski definition) is 1. The minimum Gasteiger partial charge on any atom is -0.272 e. The van der Waals surface area contributed by atoms with Crippen molar-refractivity contribution >= 4 is 70.2 Å². The van der Waals surface area contributed by atoms with Crippen LogP contribution in [0.1, 0.15) is 28.2 Å². The lowest BCUT2D eigenvalue weighted by Gasteiger charge is -2.33. The van der Waals surface area contributed by atoms with Crippen molar-refractivity contribution in [2.75, 3.05) is 10.7 Å². The second-order valence-electron chi connectivity index (χ2n) is 9.71. The van der Waals surface area contributed by atoms with Gasteiger partial charge >= 0.3 is 6.03 Å². The number of rotatable bonds is 3. The number of halogens is 1. The van der Waals surface area contributed by atoms with E-state index in [1.165, 1.54) is 16.8 Å². The van der Waals surface area contributed by atoms with Crippen molar-refractivity contribution in [2.45, 2.75) is 11.3 Å². The van der Waals surface area contributed by atoms with Crippen LogP contribution in [0, 0.1) is 0 Å². The SMILES string of the molecule is O=C(NN1C(=O)CSC1C1C(c2ccccc2)=Nc2ccc(Cl)cc21)N1c2ccccc2C=Cc2ccccc21. The van der Waals surface area contributed by atoms with Gasteiger partial charge in [0, 0.05) is 5.02 Å². The summed E-state index contributed by atoms with van der Waals surface area (Å²) in [6.45, 7) is 0. The molecule has 8 heteroatoms. The number of carbonyl (C=O) groups is 2. The number of fused-ring (bicyclic) bond motifs is 3. The first-order valence-electron chi connectivity index (χ1n) is 12.9. The molecule has 0 aromatic heterocycles. The number of aliphatic imine (C=N–C) groups is 1. The summed E-state index contributed by atoms with van der Waals surface area (Å²) in [5.41, 5.74) is 9.85. The third-order valence-electron chi connectivity index (χ3n) is 7.33. The molecule has 1 fully saturated rings. The molecule has 0 bridgehead atoms. The van der Waals surface area contributed by atoms with E-state index in [0.29, 0.717) is 5.02 Å². The first kappa shape index (κ1) is 24.7. The number of nitrogens with one attached hydrogen (secondary N) is 1. The van der Waals surface area contributed by atoms with Gasteiger partial charge in [0.25, 0.3) is 5.91 Å². The Balaban J connectivity index is 1.27. The zero-order valence-corrected chi connectivity index (χ0v) is 22.8. The third-order valence-corrected chi connectivity index (χ3v) is 8.81. The number of urea groups is 1. The molecule has 3 aliphatic heterocycles. The Morgan fingerprint density at radius 3 is 2.23 bits per heavy atom. The molecular weight excluding hydrogens is 540 g/mol. The second kappa shape index (κ2) is 10.0. The monoisotopic (exact) mass is 562 g/mol. The molecule has 4 aromatic carbocycles. The fourth-order valence-electron chi connectivity index (χ4n) is 5.52. The molecule has 2 atom stereocenters. The molecule has 2 unspecified atom stereocenters. The van der Waals surface area contributed by atoms with E-state index in [4.69, 9.17) is 16.6 Å². The van der Waals surface area contributed by atoms with Gasteiger partial charge in [-0.2, -0.15) is 0 Å². The highest BCUT2D eigenvalue weighted by atomic mass is 35.5. The molecule has 40 heavy (non-hydrogen) atoms. The Morgan fingerprint density at radius 2 is 1.52 bits per heavy atom. The standard InChI is InChI=1S/C32H23ClN4O2S/c33-23-16-17-25-24(18-23)29(30(34-25)22-10-2-1-3-11-22)31-37(28(38)19-40-31)35-32(39)36-26-12-6-4-8-20(26)14-15-21-9-5-7-13-27(21)36/h1-18,29,31H,19H2,(H,35,39). The lowest BCUT2D eigenvalue weighted by atomic mass is 9.91. The number of para-hydroxylation sites is 2. The van der Waals surface area contributed by atoms with Crippen LogP contribution >= 0.6 is 23.4 Å². The molecule has 3 aliphatic rings. The second-order valence-corrected chi connectivity index (χ2v) is 11.3. The molecule has 1 saturated heterocycles. The number of hydrazine groups is 1. The summed E-state index contributed by atoms with van der Waals surface area (Å²) in [5, 5.41) is 1.67. The van der Waals surface area contributed by atoms with Gasteiger partial charge in [0.1, 0.15) is 5.37 Å². The molecule has 3 heterocycles. The Bertz CT molecular complexity index is 1670. The molecule has 0 radical (unpaired) electrons. The maximum Gasteiger partial charge on any atom is 0.345 e. The van der Waals surface area contributed by atoms with Crippen molar-refractivity contribution in [3.63, 3.8) is 0 Å². The Morgan fingerprint density at radius 1 is 0.875 bits per heavy atom. The molecule has 3 amide bonds. The molecule has 7 rings (SSSR count). The van der Waals surface area contributed by atoms with E-state index in [1.807, 2.05) is 109 Å². The van der Waals surface area contributed by atoms with Crippen LogP contribution in [-0.2, 0) is 4.79 Å². The minimum absolute atomic E-state index is 0.166. The smallest absolute Gasteiger partial charge is 0.272 e. The fraction of sp³-hybridized carbons (Fsp3) is 0.0938. The fourth-order valence-corrected chi connectivity index (χ4v) is 6.94. The average Bonchev–Trinajstić information content (AvgIpc) is 3.47. The maximum atomic E-state index is 14.1. The topological polar surface area (TPSA) is 65.0 Å². The summed E-state index contributed by atoms with van der Waals surface area (Å²) < 4.78 is 0. The van der Waals surface area contributed by atoms with Crippen LogP contribution in [0.25, 0.3) is 12.2 Å². The van der Waals surface area contributed by atoms with Crippen LogP contribution in [-0.4, -0.2) is 33.8 Å². The van der Waals surface area contributed by atoms with Gasteiger partial charge in [-0.1, -0.05) is 90.5 Å². The van der Waals surface area contributed by atoms with Gasteiger partial charge in [-0.25, -0.2) is 15.2 Å². The number of anilines is 2. The Kier molecular flexibility index (Phi) is 6.18. The van der Waals surface area contributed by atoms with E-state index in [1.54, 1.807) is 4.90 Å². The first-order valence-corrected chi connectivity index (χ1v) is 14.4. The van der Waals surface area contributed by atoms with Gasteiger partial charge in [-0.3, -0.25) is 14.7 Å². The van der Waals surface area contributed by atoms with Crippen molar-refractivity contribution in [3.8, 4) is 0 Å². The average molecular weight is 563 g/mol. The summed E-state index contributed by atoms with van der Waals surface area (Å²) in [7, 11) is 0. The summed E-state index contributed by atoms with van der Waals surface area (Å²) in [6, 6.07) is 30.6. The van der Waals surface area contributed by atoms with Crippen LogP contribution < -0.4 is 10.3 Å². The number of benzene rings is 4. The largest absolute Gasteiger partial charge is 0.345 e. The molecule has 0 aliphatic carbocycles. The zero-order valence-electron chi connectivity index (χ0n) is 21.2. The Hall–Kier alpha value is -4.33. The van der Waals surface area contributed by atoms with Crippen molar-refractivity contribution in [1.82, 2.24) is 10.4 Å². The zero-order chi connectivity index (χ0) is 27.2.